The van der Waals surface area contributed by atoms with Crippen molar-refractivity contribution in [2.75, 3.05) is 6.26 Å². The predicted molar refractivity (Wildman–Crippen MR) is 38.9 cm³/mol. The molecule has 52 valence electrons. The van der Waals surface area contributed by atoms with Crippen LogP contribution in [-0.4, -0.2) is 11.2 Å². The topological polar surface area (TPSA) is 43.1 Å². The fraction of sp³-hybridized carbons (Fsp3) is 0.600. The molecule has 0 spiro atoms. The summed E-state index contributed by atoms with van der Waals surface area (Å²) in [4.78, 5) is 10.2. The Bertz CT molecular complexity index is 127. The summed E-state index contributed by atoms with van der Waals surface area (Å²) in [6.45, 7) is 1.89. The van der Waals surface area contributed by atoms with Crippen molar-refractivity contribution in [3.63, 3.8) is 0 Å². The van der Waals surface area contributed by atoms with Gasteiger partial charge in [-0.15, -0.1) is 11.8 Å². The minimum atomic E-state index is -0.421. The Morgan fingerprint density at radius 1 is 1.89 bits per heavy atom. The molecule has 9 heavy (non-hydrogen) atoms. The zero-order valence-electron chi connectivity index (χ0n) is 5.46. The van der Waals surface area contributed by atoms with Crippen LogP contribution in [0.2, 0.25) is 0 Å². The second kappa shape index (κ2) is 4.38. The van der Waals surface area contributed by atoms with Crippen LogP contribution in [0.4, 0.5) is 0 Å². The van der Waals surface area contributed by atoms with Gasteiger partial charge in [-0.05, 0) is 12.7 Å². The van der Waals surface area contributed by atoms with E-state index < -0.39 is 4.92 Å². The summed E-state index contributed by atoms with van der Waals surface area (Å²) >= 11 is 1.42. The van der Waals surface area contributed by atoms with E-state index in [0.717, 1.165) is 17.5 Å². The van der Waals surface area contributed by atoms with Gasteiger partial charge in [-0.25, -0.2) is 0 Å². The summed E-state index contributed by atoms with van der Waals surface area (Å²) in [5.74, 6) is 0. The van der Waals surface area contributed by atoms with Crippen molar-refractivity contribution in [3.8, 4) is 0 Å². The third kappa shape index (κ3) is 4.02. The predicted octanol–water partition coefficient (Wildman–Crippen LogP) is 1.88. The summed E-state index contributed by atoms with van der Waals surface area (Å²) in [6, 6.07) is 0. The molecule has 0 amide bonds. The molecule has 4 heteroatoms. The SMILES string of the molecule is CC/C(=C/[N+](=O)[O-])SC. The second-order valence-electron chi connectivity index (χ2n) is 1.44. The molecule has 0 aromatic rings. The smallest absolute Gasteiger partial charge is 0.243 e. The van der Waals surface area contributed by atoms with Gasteiger partial charge >= 0.3 is 0 Å². The molecule has 0 saturated heterocycles. The number of nitro groups is 1. The summed E-state index contributed by atoms with van der Waals surface area (Å²) in [6.07, 6.45) is 3.62. The summed E-state index contributed by atoms with van der Waals surface area (Å²) in [5, 5.41) is 9.84. The van der Waals surface area contributed by atoms with Gasteiger partial charge in [-0.3, -0.25) is 10.1 Å². The Morgan fingerprint density at radius 2 is 2.44 bits per heavy atom. The van der Waals surface area contributed by atoms with Crippen molar-refractivity contribution in [3.05, 3.63) is 21.2 Å². The zero-order chi connectivity index (χ0) is 7.28. The van der Waals surface area contributed by atoms with Gasteiger partial charge in [-0.2, -0.15) is 0 Å². The van der Waals surface area contributed by atoms with E-state index in [-0.39, 0.29) is 0 Å². The quantitative estimate of drug-likeness (QED) is 0.452. The summed E-state index contributed by atoms with van der Waals surface area (Å²) in [7, 11) is 0. The third-order valence-electron chi connectivity index (χ3n) is 0.860. The first kappa shape index (κ1) is 8.49. The van der Waals surface area contributed by atoms with Crippen molar-refractivity contribution in [1.29, 1.82) is 0 Å². The Kier molecular flexibility index (Phi) is 4.13. The van der Waals surface area contributed by atoms with Gasteiger partial charge in [0.15, 0.2) is 0 Å². The third-order valence-corrected chi connectivity index (χ3v) is 1.78. The Labute approximate surface area is 58.3 Å². The number of allylic oxidation sites excluding steroid dienone is 1. The molecule has 0 fully saturated rings. The molecule has 0 aliphatic rings. The lowest BCUT2D eigenvalue weighted by Gasteiger charge is -1.91. The van der Waals surface area contributed by atoms with Gasteiger partial charge in [0.25, 0.3) is 0 Å². The normalized spacial score (nSPS) is 11.6. The zero-order valence-corrected chi connectivity index (χ0v) is 6.27. The number of rotatable bonds is 3. The number of hydrogen-bond donors (Lipinski definition) is 0. The minimum absolute atomic E-state index is 0.421. The van der Waals surface area contributed by atoms with Crippen LogP contribution in [0.25, 0.3) is 0 Å². The van der Waals surface area contributed by atoms with Crippen LogP contribution < -0.4 is 0 Å². The number of thioether (sulfide) groups is 1. The summed E-state index contributed by atoms with van der Waals surface area (Å²) < 4.78 is 0. The standard InChI is InChI=1S/C5H9NO2S/c1-3-5(9-2)4-6(7)8/h4H,3H2,1-2H3/b5-4-. The first-order valence-electron chi connectivity index (χ1n) is 2.59. The molecular weight excluding hydrogens is 138 g/mol. The van der Waals surface area contributed by atoms with Crippen molar-refractivity contribution < 1.29 is 4.92 Å². The highest BCUT2D eigenvalue weighted by Gasteiger charge is 1.95. The molecule has 0 bridgehead atoms. The summed E-state index contributed by atoms with van der Waals surface area (Å²) in [5.41, 5.74) is 0. The van der Waals surface area contributed by atoms with E-state index in [1.54, 1.807) is 0 Å². The average Bonchev–Trinajstić information content (AvgIpc) is 1.82. The van der Waals surface area contributed by atoms with Crippen molar-refractivity contribution in [2.24, 2.45) is 0 Å². The first-order valence-corrected chi connectivity index (χ1v) is 3.81. The van der Waals surface area contributed by atoms with E-state index in [9.17, 15) is 10.1 Å². The monoisotopic (exact) mass is 147 g/mol. The van der Waals surface area contributed by atoms with Crippen molar-refractivity contribution in [2.45, 2.75) is 13.3 Å². The molecule has 0 rings (SSSR count). The van der Waals surface area contributed by atoms with Gasteiger partial charge in [0.1, 0.15) is 0 Å². The highest BCUT2D eigenvalue weighted by atomic mass is 32.2. The van der Waals surface area contributed by atoms with E-state index in [0.29, 0.717) is 0 Å². The molecule has 0 aliphatic carbocycles. The molecule has 0 aliphatic heterocycles. The van der Waals surface area contributed by atoms with E-state index in [2.05, 4.69) is 0 Å². The highest BCUT2D eigenvalue weighted by molar-refractivity contribution is 8.02. The molecule has 0 heterocycles. The van der Waals surface area contributed by atoms with Gasteiger partial charge in [0.2, 0.25) is 6.20 Å². The highest BCUT2D eigenvalue weighted by Crippen LogP contribution is 2.14. The van der Waals surface area contributed by atoms with Crippen LogP contribution >= 0.6 is 11.8 Å². The Morgan fingerprint density at radius 3 is 2.56 bits per heavy atom. The van der Waals surface area contributed by atoms with Gasteiger partial charge in [-0.1, -0.05) is 6.92 Å². The van der Waals surface area contributed by atoms with Crippen molar-refractivity contribution >= 4 is 11.8 Å². The lowest BCUT2D eigenvalue weighted by atomic mass is 10.5. The Hall–Kier alpha value is -0.510. The fourth-order valence-corrected chi connectivity index (χ4v) is 0.886. The molecule has 3 nitrogen and oxygen atoms in total. The van der Waals surface area contributed by atoms with Crippen LogP contribution in [0.3, 0.4) is 0 Å². The maximum absolute atomic E-state index is 9.84. The molecule has 0 atom stereocenters. The minimum Gasteiger partial charge on any atom is -0.259 e. The number of nitrogens with zero attached hydrogens (tertiary/aromatic N) is 1. The molecule has 0 unspecified atom stereocenters. The van der Waals surface area contributed by atoms with E-state index in [1.165, 1.54) is 11.8 Å². The molecular formula is C5H9NO2S. The maximum atomic E-state index is 9.84. The van der Waals surface area contributed by atoms with Gasteiger partial charge in [0.05, 0.1) is 9.83 Å². The van der Waals surface area contributed by atoms with E-state index >= 15 is 0 Å². The van der Waals surface area contributed by atoms with Crippen LogP contribution in [-0.2, 0) is 0 Å². The van der Waals surface area contributed by atoms with Crippen LogP contribution in [0.1, 0.15) is 13.3 Å². The Balaban J connectivity index is 3.91. The lowest BCUT2D eigenvalue weighted by molar-refractivity contribution is -0.403. The average molecular weight is 147 g/mol. The number of hydrogen-bond acceptors (Lipinski definition) is 3. The van der Waals surface area contributed by atoms with Gasteiger partial charge in [0, 0.05) is 0 Å². The largest absolute Gasteiger partial charge is 0.259 e. The van der Waals surface area contributed by atoms with Crippen LogP contribution in [0, 0.1) is 10.1 Å². The van der Waals surface area contributed by atoms with E-state index in [1.807, 2.05) is 13.2 Å². The van der Waals surface area contributed by atoms with E-state index in [4.69, 9.17) is 0 Å². The van der Waals surface area contributed by atoms with Crippen LogP contribution in [0.15, 0.2) is 11.1 Å². The molecule has 0 saturated carbocycles. The second-order valence-corrected chi connectivity index (χ2v) is 2.37. The van der Waals surface area contributed by atoms with Crippen molar-refractivity contribution in [1.82, 2.24) is 0 Å². The van der Waals surface area contributed by atoms with Crippen LogP contribution in [0.5, 0.6) is 0 Å². The molecule has 0 aromatic carbocycles. The molecule has 0 aromatic heterocycles. The lowest BCUT2D eigenvalue weighted by Crippen LogP contribution is -1.85. The molecule has 0 N–H and O–H groups in total. The molecule has 0 radical (unpaired) electrons. The first-order chi connectivity index (χ1) is 4.20. The maximum Gasteiger partial charge on any atom is 0.243 e. The fourth-order valence-electron chi connectivity index (χ4n) is 0.406. The van der Waals surface area contributed by atoms with Gasteiger partial charge < -0.3 is 0 Å².